The molecule has 0 atom stereocenters. The Balaban J connectivity index is 3.08. The summed E-state index contributed by atoms with van der Waals surface area (Å²) in [7, 11) is 0. The van der Waals surface area contributed by atoms with Crippen molar-refractivity contribution >= 4 is 18.6 Å². The number of esters is 1. The summed E-state index contributed by atoms with van der Waals surface area (Å²) in [5, 5.41) is 9.02. The van der Waals surface area contributed by atoms with Crippen LogP contribution in [0, 0.1) is 18.3 Å². The molecular weight excluding hydrogens is 222 g/mol. The molecule has 0 aliphatic heterocycles. The van der Waals surface area contributed by atoms with Crippen LogP contribution in [0.5, 0.6) is 0 Å². The van der Waals surface area contributed by atoms with E-state index in [4.69, 9.17) is 10.00 Å². The maximum absolute atomic E-state index is 11.4. The van der Waals surface area contributed by atoms with Gasteiger partial charge in [0.15, 0.2) is 0 Å². The van der Waals surface area contributed by atoms with Gasteiger partial charge in [-0.15, -0.1) is 12.6 Å². The molecule has 84 valence electrons. The van der Waals surface area contributed by atoms with Crippen LogP contribution in [0.25, 0.3) is 0 Å². The Morgan fingerprint density at radius 1 is 1.56 bits per heavy atom. The van der Waals surface area contributed by atoms with Gasteiger partial charge in [-0.1, -0.05) is 6.07 Å². The van der Waals surface area contributed by atoms with Crippen molar-refractivity contribution < 1.29 is 9.53 Å². The number of ether oxygens (including phenoxy) is 1. The maximum Gasteiger partial charge on any atom is 0.310 e. The Labute approximate surface area is 100 Å². The molecule has 0 unspecified atom stereocenters. The lowest BCUT2D eigenvalue weighted by Gasteiger charge is -2.09. The first-order valence-electron chi connectivity index (χ1n) is 4.97. The van der Waals surface area contributed by atoms with Crippen LogP contribution in [0.3, 0.4) is 0 Å². The largest absolute Gasteiger partial charge is 0.466 e. The van der Waals surface area contributed by atoms with Crippen molar-refractivity contribution in [3.8, 4) is 6.07 Å². The third kappa shape index (κ3) is 2.77. The minimum absolute atomic E-state index is 0.122. The lowest BCUT2D eigenvalue weighted by atomic mass is 10.00. The summed E-state index contributed by atoms with van der Waals surface area (Å²) in [6.07, 6.45) is 0.122. The highest BCUT2D eigenvalue weighted by atomic mass is 32.1. The van der Waals surface area contributed by atoms with Gasteiger partial charge in [-0.25, -0.2) is 0 Å². The van der Waals surface area contributed by atoms with E-state index in [1.807, 2.05) is 13.0 Å². The van der Waals surface area contributed by atoms with E-state index in [1.165, 1.54) is 0 Å². The molecular formula is C12H13NO2S. The van der Waals surface area contributed by atoms with Gasteiger partial charge in [-0.3, -0.25) is 4.79 Å². The number of hydrogen-bond donors (Lipinski definition) is 1. The van der Waals surface area contributed by atoms with E-state index in [-0.39, 0.29) is 12.4 Å². The third-order valence-electron chi connectivity index (χ3n) is 2.26. The number of nitrogens with zero attached hydrogens (tertiary/aromatic N) is 1. The summed E-state index contributed by atoms with van der Waals surface area (Å²) in [6.45, 7) is 3.97. The van der Waals surface area contributed by atoms with Crippen LogP contribution in [0.4, 0.5) is 0 Å². The molecule has 0 aliphatic carbocycles. The molecule has 3 nitrogen and oxygen atoms in total. The molecule has 0 aliphatic rings. The fraction of sp³-hybridized carbons (Fsp3) is 0.333. The lowest BCUT2D eigenvalue weighted by Crippen LogP contribution is -2.10. The minimum Gasteiger partial charge on any atom is -0.466 e. The predicted octanol–water partition coefficient (Wildman–Crippen LogP) is 2.26. The van der Waals surface area contributed by atoms with Crippen LogP contribution in [-0.4, -0.2) is 12.6 Å². The Hall–Kier alpha value is -1.47. The molecule has 0 N–H and O–H groups in total. The summed E-state index contributed by atoms with van der Waals surface area (Å²) in [6, 6.07) is 5.67. The Kier molecular flexibility index (Phi) is 4.39. The average molecular weight is 235 g/mol. The summed E-state index contributed by atoms with van der Waals surface area (Å²) >= 11 is 4.19. The first-order valence-corrected chi connectivity index (χ1v) is 5.42. The van der Waals surface area contributed by atoms with E-state index in [2.05, 4.69) is 18.7 Å². The molecule has 0 spiro atoms. The van der Waals surface area contributed by atoms with Gasteiger partial charge < -0.3 is 4.74 Å². The monoisotopic (exact) mass is 235 g/mol. The topological polar surface area (TPSA) is 50.1 Å². The normalized spacial score (nSPS) is 9.62. The van der Waals surface area contributed by atoms with Crippen molar-refractivity contribution in [3.63, 3.8) is 0 Å². The van der Waals surface area contributed by atoms with E-state index < -0.39 is 0 Å². The van der Waals surface area contributed by atoms with Crippen LogP contribution in [0.2, 0.25) is 0 Å². The van der Waals surface area contributed by atoms with Crippen molar-refractivity contribution in [1.82, 2.24) is 0 Å². The van der Waals surface area contributed by atoms with Gasteiger partial charge in [-0.05, 0) is 31.0 Å². The number of thiol groups is 1. The smallest absolute Gasteiger partial charge is 0.310 e. The van der Waals surface area contributed by atoms with Crippen molar-refractivity contribution in [2.24, 2.45) is 0 Å². The van der Waals surface area contributed by atoms with Gasteiger partial charge in [-0.2, -0.15) is 5.26 Å². The van der Waals surface area contributed by atoms with Gasteiger partial charge in [0.1, 0.15) is 6.07 Å². The van der Waals surface area contributed by atoms with Gasteiger partial charge in [0, 0.05) is 4.90 Å². The molecule has 0 bridgehead atoms. The Morgan fingerprint density at radius 2 is 2.25 bits per heavy atom. The first-order chi connectivity index (χ1) is 7.60. The SMILES string of the molecule is CCOC(=O)Cc1c(C)ccc(S)c1C#N. The zero-order valence-corrected chi connectivity index (χ0v) is 10.2. The van der Waals surface area contributed by atoms with E-state index in [0.29, 0.717) is 22.6 Å². The maximum atomic E-state index is 11.4. The van der Waals surface area contributed by atoms with Crippen molar-refractivity contribution in [2.45, 2.75) is 25.2 Å². The number of aryl methyl sites for hydroxylation is 1. The predicted molar refractivity (Wildman–Crippen MR) is 63.5 cm³/mol. The molecule has 0 aromatic heterocycles. The molecule has 0 amide bonds. The standard InChI is InChI=1S/C12H13NO2S/c1-3-15-12(14)6-9-8(2)4-5-11(16)10(9)7-13/h4-5,16H,3,6H2,1-2H3. The second kappa shape index (κ2) is 5.57. The molecule has 0 heterocycles. The number of benzene rings is 1. The molecule has 0 saturated heterocycles. The quantitative estimate of drug-likeness (QED) is 0.646. The van der Waals surface area contributed by atoms with Gasteiger partial charge in [0.05, 0.1) is 18.6 Å². The summed E-state index contributed by atoms with van der Waals surface area (Å²) in [4.78, 5) is 12.0. The number of nitriles is 1. The third-order valence-corrected chi connectivity index (χ3v) is 2.64. The highest BCUT2D eigenvalue weighted by Gasteiger charge is 2.13. The number of hydrogen-bond acceptors (Lipinski definition) is 4. The zero-order chi connectivity index (χ0) is 12.1. The molecule has 1 aromatic carbocycles. The van der Waals surface area contributed by atoms with Crippen LogP contribution < -0.4 is 0 Å². The van der Waals surface area contributed by atoms with E-state index >= 15 is 0 Å². The second-order valence-corrected chi connectivity index (χ2v) is 3.83. The van der Waals surface area contributed by atoms with E-state index in [1.54, 1.807) is 13.0 Å². The minimum atomic E-state index is -0.318. The highest BCUT2D eigenvalue weighted by molar-refractivity contribution is 7.80. The lowest BCUT2D eigenvalue weighted by molar-refractivity contribution is -0.142. The highest BCUT2D eigenvalue weighted by Crippen LogP contribution is 2.21. The van der Waals surface area contributed by atoms with Crippen molar-refractivity contribution in [2.75, 3.05) is 6.61 Å². The molecule has 4 heteroatoms. The number of carbonyl (C=O) groups is 1. The summed E-state index contributed by atoms with van der Waals surface area (Å²) < 4.78 is 4.87. The van der Waals surface area contributed by atoms with E-state index in [9.17, 15) is 4.79 Å². The summed E-state index contributed by atoms with van der Waals surface area (Å²) in [5.41, 5.74) is 2.06. The van der Waals surface area contributed by atoms with Gasteiger partial charge in [0.2, 0.25) is 0 Å². The van der Waals surface area contributed by atoms with Crippen LogP contribution in [0.15, 0.2) is 17.0 Å². The first kappa shape index (κ1) is 12.6. The molecule has 0 saturated carbocycles. The molecule has 0 fully saturated rings. The number of rotatable bonds is 3. The molecule has 0 radical (unpaired) electrons. The van der Waals surface area contributed by atoms with Crippen molar-refractivity contribution in [1.29, 1.82) is 5.26 Å². The van der Waals surface area contributed by atoms with Crippen LogP contribution in [-0.2, 0) is 16.0 Å². The second-order valence-electron chi connectivity index (χ2n) is 3.35. The Bertz CT molecular complexity index is 449. The molecule has 1 aromatic rings. The van der Waals surface area contributed by atoms with Gasteiger partial charge in [0.25, 0.3) is 0 Å². The molecule has 1 rings (SSSR count). The van der Waals surface area contributed by atoms with Crippen LogP contribution in [0.1, 0.15) is 23.6 Å². The summed E-state index contributed by atoms with van der Waals surface area (Å²) in [5.74, 6) is -0.318. The van der Waals surface area contributed by atoms with Gasteiger partial charge >= 0.3 is 5.97 Å². The van der Waals surface area contributed by atoms with Crippen LogP contribution >= 0.6 is 12.6 Å². The fourth-order valence-electron chi connectivity index (χ4n) is 1.45. The Morgan fingerprint density at radius 3 is 2.81 bits per heavy atom. The fourth-order valence-corrected chi connectivity index (χ4v) is 1.71. The zero-order valence-electron chi connectivity index (χ0n) is 9.28. The van der Waals surface area contributed by atoms with Crippen molar-refractivity contribution in [3.05, 3.63) is 28.8 Å². The van der Waals surface area contributed by atoms with E-state index in [0.717, 1.165) is 5.56 Å². The average Bonchev–Trinajstić information content (AvgIpc) is 2.24. The molecule has 16 heavy (non-hydrogen) atoms. The number of carbonyl (C=O) groups excluding carboxylic acids is 1.